The molecule has 2 rings (SSSR count). The first-order chi connectivity index (χ1) is 12.0. The summed E-state index contributed by atoms with van der Waals surface area (Å²) in [5.74, 6) is -0.0766. The molecule has 134 valence electrons. The standard InChI is InChI=1S/C20H28N4O/c1-5-24(18-9-6-8-16(2)14-18)20(25)19-11-10-17(15-22-19)21-12-7-13-23(3)4/h6,8-11,14-15,21H,5,7,12-13H2,1-4H3. The number of aromatic nitrogens is 1. The van der Waals surface area contributed by atoms with Crippen LogP contribution < -0.4 is 10.2 Å². The van der Waals surface area contributed by atoms with Crippen LogP contribution in [0, 0.1) is 6.92 Å². The lowest BCUT2D eigenvalue weighted by Crippen LogP contribution is -2.31. The lowest BCUT2D eigenvalue weighted by Gasteiger charge is -2.21. The Labute approximate surface area is 150 Å². The molecule has 5 nitrogen and oxygen atoms in total. The number of carbonyl (C=O) groups excluding carboxylic acids is 1. The molecule has 0 spiro atoms. The van der Waals surface area contributed by atoms with Gasteiger partial charge in [-0.05, 0) is 70.7 Å². The molecule has 0 aliphatic carbocycles. The Morgan fingerprint density at radius 1 is 1.20 bits per heavy atom. The van der Waals surface area contributed by atoms with Crippen LogP contribution in [0.3, 0.4) is 0 Å². The van der Waals surface area contributed by atoms with E-state index in [9.17, 15) is 4.79 Å². The third kappa shape index (κ3) is 5.57. The number of anilines is 2. The minimum atomic E-state index is -0.0766. The second-order valence-corrected chi connectivity index (χ2v) is 6.40. The molecule has 2 aromatic rings. The van der Waals surface area contributed by atoms with E-state index >= 15 is 0 Å². The van der Waals surface area contributed by atoms with E-state index in [2.05, 4.69) is 29.3 Å². The molecule has 0 atom stereocenters. The van der Waals surface area contributed by atoms with Gasteiger partial charge in [0.15, 0.2) is 0 Å². The Bertz CT molecular complexity index is 682. The lowest BCUT2D eigenvalue weighted by atomic mass is 10.2. The number of hydrogen-bond donors (Lipinski definition) is 1. The van der Waals surface area contributed by atoms with Gasteiger partial charge in [-0.15, -0.1) is 0 Å². The maximum atomic E-state index is 12.8. The van der Waals surface area contributed by atoms with Crippen LogP contribution in [0.4, 0.5) is 11.4 Å². The van der Waals surface area contributed by atoms with Gasteiger partial charge in [0.2, 0.25) is 0 Å². The van der Waals surface area contributed by atoms with Crippen molar-refractivity contribution in [3.05, 3.63) is 53.9 Å². The summed E-state index contributed by atoms with van der Waals surface area (Å²) in [5, 5.41) is 3.33. The number of nitrogens with one attached hydrogen (secondary N) is 1. The van der Waals surface area contributed by atoms with Gasteiger partial charge >= 0.3 is 0 Å². The van der Waals surface area contributed by atoms with Gasteiger partial charge < -0.3 is 15.1 Å². The summed E-state index contributed by atoms with van der Waals surface area (Å²) in [5.41, 5.74) is 3.44. The normalized spacial score (nSPS) is 10.8. The van der Waals surface area contributed by atoms with Crippen LogP contribution >= 0.6 is 0 Å². The van der Waals surface area contributed by atoms with Crippen molar-refractivity contribution < 1.29 is 4.79 Å². The molecule has 0 aliphatic heterocycles. The zero-order valence-electron chi connectivity index (χ0n) is 15.6. The van der Waals surface area contributed by atoms with Crippen LogP contribution in [-0.4, -0.2) is 49.5 Å². The summed E-state index contributed by atoms with van der Waals surface area (Å²) < 4.78 is 0. The Kier molecular flexibility index (Phi) is 6.95. The minimum absolute atomic E-state index is 0.0766. The SMILES string of the molecule is CCN(C(=O)c1ccc(NCCCN(C)C)cn1)c1cccc(C)c1. The number of amides is 1. The summed E-state index contributed by atoms with van der Waals surface area (Å²) in [6.07, 6.45) is 2.79. The van der Waals surface area contributed by atoms with E-state index in [0.29, 0.717) is 12.2 Å². The van der Waals surface area contributed by atoms with Gasteiger partial charge in [0.05, 0.1) is 11.9 Å². The molecule has 25 heavy (non-hydrogen) atoms. The summed E-state index contributed by atoms with van der Waals surface area (Å²) in [7, 11) is 4.13. The number of hydrogen-bond acceptors (Lipinski definition) is 4. The van der Waals surface area contributed by atoms with Crippen LogP contribution in [0.25, 0.3) is 0 Å². The van der Waals surface area contributed by atoms with Crippen molar-refractivity contribution >= 4 is 17.3 Å². The number of pyridine rings is 1. The molecule has 1 heterocycles. The van der Waals surface area contributed by atoms with Crippen LogP contribution in [0.5, 0.6) is 0 Å². The summed E-state index contributed by atoms with van der Waals surface area (Å²) in [6.45, 7) is 6.53. The Morgan fingerprint density at radius 2 is 2.00 bits per heavy atom. The van der Waals surface area contributed by atoms with E-state index in [-0.39, 0.29) is 5.91 Å². The molecule has 1 aromatic carbocycles. The Balaban J connectivity index is 2.01. The third-order valence-electron chi connectivity index (χ3n) is 3.97. The van der Waals surface area contributed by atoms with Gasteiger partial charge in [0.25, 0.3) is 5.91 Å². The monoisotopic (exact) mass is 340 g/mol. The Hall–Kier alpha value is -2.40. The fourth-order valence-electron chi connectivity index (χ4n) is 2.63. The van der Waals surface area contributed by atoms with Gasteiger partial charge in [-0.2, -0.15) is 0 Å². The van der Waals surface area contributed by atoms with Crippen LogP contribution in [0.2, 0.25) is 0 Å². The molecule has 1 N–H and O–H groups in total. The van der Waals surface area contributed by atoms with E-state index in [1.807, 2.05) is 44.2 Å². The quantitative estimate of drug-likeness (QED) is 0.748. The van der Waals surface area contributed by atoms with Crippen LogP contribution in [0.1, 0.15) is 29.4 Å². The van der Waals surface area contributed by atoms with Crippen molar-refractivity contribution in [1.29, 1.82) is 0 Å². The molecule has 5 heteroatoms. The van der Waals surface area contributed by atoms with Crippen molar-refractivity contribution in [3.8, 4) is 0 Å². The topological polar surface area (TPSA) is 48.5 Å². The molecular formula is C20H28N4O. The second-order valence-electron chi connectivity index (χ2n) is 6.40. The number of aryl methyl sites for hydroxylation is 1. The number of rotatable bonds is 8. The molecule has 1 aromatic heterocycles. The molecule has 0 aliphatic rings. The maximum Gasteiger partial charge on any atom is 0.276 e. The predicted octanol–water partition coefficient (Wildman–Crippen LogP) is 3.42. The highest BCUT2D eigenvalue weighted by molar-refractivity contribution is 6.04. The first kappa shape index (κ1) is 18.9. The zero-order chi connectivity index (χ0) is 18.2. The zero-order valence-corrected chi connectivity index (χ0v) is 15.6. The average Bonchev–Trinajstić information content (AvgIpc) is 2.60. The molecule has 1 amide bonds. The maximum absolute atomic E-state index is 12.8. The summed E-state index contributed by atoms with van der Waals surface area (Å²) in [4.78, 5) is 21.0. The van der Waals surface area contributed by atoms with E-state index in [1.54, 1.807) is 17.2 Å². The summed E-state index contributed by atoms with van der Waals surface area (Å²) >= 11 is 0. The van der Waals surface area contributed by atoms with Crippen molar-refractivity contribution in [1.82, 2.24) is 9.88 Å². The predicted molar refractivity (Wildman–Crippen MR) is 104 cm³/mol. The van der Waals surface area contributed by atoms with Crippen molar-refractivity contribution in [2.75, 3.05) is 43.9 Å². The molecule has 0 fully saturated rings. The molecule has 0 saturated heterocycles. The van der Waals surface area contributed by atoms with E-state index in [4.69, 9.17) is 0 Å². The largest absolute Gasteiger partial charge is 0.384 e. The fourth-order valence-corrected chi connectivity index (χ4v) is 2.63. The third-order valence-corrected chi connectivity index (χ3v) is 3.97. The highest BCUT2D eigenvalue weighted by Crippen LogP contribution is 2.18. The molecule has 0 bridgehead atoms. The Morgan fingerprint density at radius 3 is 2.60 bits per heavy atom. The first-order valence-corrected chi connectivity index (χ1v) is 8.74. The van der Waals surface area contributed by atoms with Gasteiger partial charge in [-0.3, -0.25) is 4.79 Å². The molecule has 0 radical (unpaired) electrons. The van der Waals surface area contributed by atoms with E-state index < -0.39 is 0 Å². The molecule has 0 saturated carbocycles. The fraction of sp³-hybridized carbons (Fsp3) is 0.400. The molecule has 0 unspecified atom stereocenters. The van der Waals surface area contributed by atoms with Crippen LogP contribution in [-0.2, 0) is 0 Å². The van der Waals surface area contributed by atoms with Gasteiger partial charge in [-0.1, -0.05) is 12.1 Å². The highest BCUT2D eigenvalue weighted by atomic mass is 16.2. The smallest absolute Gasteiger partial charge is 0.276 e. The average molecular weight is 340 g/mol. The first-order valence-electron chi connectivity index (χ1n) is 8.74. The van der Waals surface area contributed by atoms with Crippen molar-refractivity contribution in [2.24, 2.45) is 0 Å². The van der Waals surface area contributed by atoms with Crippen LogP contribution in [0.15, 0.2) is 42.6 Å². The number of carbonyl (C=O) groups is 1. The van der Waals surface area contributed by atoms with Crippen molar-refractivity contribution in [2.45, 2.75) is 20.3 Å². The minimum Gasteiger partial charge on any atom is -0.384 e. The van der Waals surface area contributed by atoms with Gasteiger partial charge in [0.1, 0.15) is 5.69 Å². The number of nitrogens with zero attached hydrogens (tertiary/aromatic N) is 3. The van der Waals surface area contributed by atoms with Gasteiger partial charge in [-0.25, -0.2) is 4.98 Å². The summed E-state index contributed by atoms with van der Waals surface area (Å²) in [6, 6.07) is 11.7. The second kappa shape index (κ2) is 9.18. The molecular weight excluding hydrogens is 312 g/mol. The van der Waals surface area contributed by atoms with Gasteiger partial charge in [0, 0.05) is 18.8 Å². The number of benzene rings is 1. The van der Waals surface area contributed by atoms with Crippen molar-refractivity contribution in [3.63, 3.8) is 0 Å². The van der Waals surface area contributed by atoms with E-state index in [1.165, 1.54) is 0 Å². The van der Waals surface area contributed by atoms with E-state index in [0.717, 1.165) is 36.4 Å². The highest BCUT2D eigenvalue weighted by Gasteiger charge is 2.17. The lowest BCUT2D eigenvalue weighted by molar-refractivity contribution is 0.0983.